The van der Waals surface area contributed by atoms with Gasteiger partial charge in [-0.15, -0.1) is 0 Å². The second-order valence-corrected chi connectivity index (χ2v) is 9.10. The third-order valence-electron chi connectivity index (χ3n) is 4.37. The Morgan fingerprint density at radius 1 is 1.21 bits per heavy atom. The molecule has 0 bridgehead atoms. The predicted molar refractivity (Wildman–Crippen MR) is 125 cm³/mol. The Labute approximate surface area is 203 Å². The Bertz CT molecular complexity index is 1100. The number of imide groups is 1. The molecule has 0 radical (unpaired) electrons. The van der Waals surface area contributed by atoms with Gasteiger partial charge < -0.3 is 14.2 Å². The topological polar surface area (TPSA) is 82.1 Å². The molecule has 10 heteroatoms. The monoisotopic (exact) mass is 537 g/mol. The van der Waals surface area contributed by atoms with Gasteiger partial charge >= 0.3 is 5.97 Å². The van der Waals surface area contributed by atoms with E-state index in [1.807, 2.05) is 0 Å². The fourth-order valence-corrected chi connectivity index (χ4v) is 4.33. The SMILES string of the molecule is COc1cc(/C=C2/SC(=O)N(CC(=O)OC(C)C)C2=O)cc(Br)c1OCc1ccc(F)cc1. The van der Waals surface area contributed by atoms with E-state index in [4.69, 9.17) is 14.2 Å². The lowest BCUT2D eigenvalue weighted by Gasteiger charge is -2.14. The minimum Gasteiger partial charge on any atom is -0.493 e. The molecule has 3 rings (SSSR count). The van der Waals surface area contributed by atoms with Gasteiger partial charge in [0, 0.05) is 0 Å². The third-order valence-corrected chi connectivity index (χ3v) is 5.87. The Balaban J connectivity index is 1.77. The number of methoxy groups -OCH3 is 1. The lowest BCUT2D eigenvalue weighted by atomic mass is 10.1. The number of hydrogen-bond donors (Lipinski definition) is 0. The molecule has 174 valence electrons. The zero-order valence-corrected chi connectivity index (χ0v) is 20.5. The summed E-state index contributed by atoms with van der Waals surface area (Å²) >= 11 is 4.19. The first-order valence-corrected chi connectivity index (χ1v) is 11.5. The van der Waals surface area contributed by atoms with Crippen LogP contribution in [0, 0.1) is 5.82 Å². The molecule has 0 atom stereocenters. The van der Waals surface area contributed by atoms with Crippen LogP contribution >= 0.6 is 27.7 Å². The summed E-state index contributed by atoms with van der Waals surface area (Å²) in [6, 6.07) is 9.32. The first-order chi connectivity index (χ1) is 15.7. The maximum absolute atomic E-state index is 13.1. The van der Waals surface area contributed by atoms with Crippen LogP contribution in [0.2, 0.25) is 0 Å². The molecular weight excluding hydrogens is 517 g/mol. The highest BCUT2D eigenvalue weighted by Gasteiger charge is 2.36. The van der Waals surface area contributed by atoms with Gasteiger partial charge in [-0.1, -0.05) is 12.1 Å². The number of carbonyl (C=O) groups is 3. The first kappa shape index (κ1) is 24.8. The molecule has 1 heterocycles. The van der Waals surface area contributed by atoms with Crippen molar-refractivity contribution in [3.05, 3.63) is 62.7 Å². The fourth-order valence-electron chi connectivity index (χ4n) is 2.92. The van der Waals surface area contributed by atoms with E-state index in [-0.39, 0.29) is 23.4 Å². The fraction of sp³-hybridized carbons (Fsp3) is 0.261. The summed E-state index contributed by atoms with van der Waals surface area (Å²) in [5, 5.41) is -0.544. The van der Waals surface area contributed by atoms with Crippen LogP contribution in [0.3, 0.4) is 0 Å². The van der Waals surface area contributed by atoms with E-state index in [2.05, 4.69) is 15.9 Å². The van der Waals surface area contributed by atoms with Gasteiger partial charge in [-0.05, 0) is 83.0 Å². The third kappa shape index (κ3) is 6.35. The number of rotatable bonds is 8. The van der Waals surface area contributed by atoms with Crippen molar-refractivity contribution in [3.63, 3.8) is 0 Å². The second kappa shape index (κ2) is 10.8. The number of esters is 1. The number of hydrogen-bond acceptors (Lipinski definition) is 7. The number of thioether (sulfide) groups is 1. The average Bonchev–Trinajstić information content (AvgIpc) is 3.00. The van der Waals surface area contributed by atoms with E-state index < -0.39 is 23.7 Å². The van der Waals surface area contributed by atoms with Crippen LogP contribution in [-0.4, -0.2) is 41.8 Å². The van der Waals surface area contributed by atoms with Crippen LogP contribution in [0.4, 0.5) is 9.18 Å². The second-order valence-electron chi connectivity index (χ2n) is 7.26. The van der Waals surface area contributed by atoms with Gasteiger partial charge in [0.15, 0.2) is 11.5 Å². The van der Waals surface area contributed by atoms with Gasteiger partial charge in [-0.2, -0.15) is 0 Å². The van der Waals surface area contributed by atoms with Gasteiger partial charge in [0.1, 0.15) is 19.0 Å². The van der Waals surface area contributed by atoms with E-state index in [1.54, 1.807) is 38.1 Å². The van der Waals surface area contributed by atoms with Crippen molar-refractivity contribution in [1.29, 1.82) is 0 Å². The Hall–Kier alpha value is -2.85. The smallest absolute Gasteiger partial charge is 0.326 e. The molecular formula is C23H21BrFNO6S. The summed E-state index contributed by atoms with van der Waals surface area (Å²) in [7, 11) is 1.48. The molecule has 0 spiro atoms. The van der Waals surface area contributed by atoms with Crippen LogP contribution in [0.25, 0.3) is 6.08 Å². The molecule has 2 aromatic rings. The van der Waals surface area contributed by atoms with Crippen molar-refractivity contribution < 1.29 is 33.0 Å². The van der Waals surface area contributed by atoms with Crippen molar-refractivity contribution in [2.24, 2.45) is 0 Å². The first-order valence-electron chi connectivity index (χ1n) is 9.87. The van der Waals surface area contributed by atoms with E-state index in [0.29, 0.717) is 21.5 Å². The largest absolute Gasteiger partial charge is 0.493 e. The van der Waals surface area contributed by atoms with Crippen LogP contribution < -0.4 is 9.47 Å². The molecule has 33 heavy (non-hydrogen) atoms. The lowest BCUT2D eigenvalue weighted by Crippen LogP contribution is -2.35. The molecule has 7 nitrogen and oxygen atoms in total. The van der Waals surface area contributed by atoms with E-state index >= 15 is 0 Å². The van der Waals surface area contributed by atoms with Crippen LogP contribution in [0.5, 0.6) is 11.5 Å². The van der Waals surface area contributed by atoms with E-state index in [9.17, 15) is 18.8 Å². The molecule has 1 saturated heterocycles. The summed E-state index contributed by atoms with van der Waals surface area (Å²) in [5.41, 5.74) is 1.36. The summed E-state index contributed by atoms with van der Waals surface area (Å²) in [4.78, 5) is 37.8. The number of carbonyl (C=O) groups excluding carboxylic acids is 3. The molecule has 0 aliphatic carbocycles. The van der Waals surface area contributed by atoms with Crippen molar-refractivity contribution in [2.75, 3.05) is 13.7 Å². The lowest BCUT2D eigenvalue weighted by molar-refractivity contribution is -0.149. The number of ether oxygens (including phenoxy) is 3. The van der Waals surface area contributed by atoms with Gasteiger partial charge in [0.05, 0.1) is 22.6 Å². The van der Waals surface area contributed by atoms with Gasteiger partial charge in [0.25, 0.3) is 11.1 Å². The average molecular weight is 538 g/mol. The number of benzene rings is 2. The van der Waals surface area contributed by atoms with E-state index in [1.165, 1.54) is 25.3 Å². The van der Waals surface area contributed by atoms with Gasteiger partial charge in [-0.3, -0.25) is 19.3 Å². The van der Waals surface area contributed by atoms with Crippen molar-refractivity contribution in [1.82, 2.24) is 4.90 Å². The highest BCUT2D eigenvalue weighted by molar-refractivity contribution is 9.10. The highest BCUT2D eigenvalue weighted by Crippen LogP contribution is 2.39. The highest BCUT2D eigenvalue weighted by atomic mass is 79.9. The number of amides is 2. The van der Waals surface area contributed by atoms with Crippen molar-refractivity contribution in [2.45, 2.75) is 26.6 Å². The number of nitrogens with zero attached hydrogens (tertiary/aromatic N) is 1. The van der Waals surface area contributed by atoms with Crippen LogP contribution in [-0.2, 0) is 20.9 Å². The molecule has 2 aromatic carbocycles. The standard InChI is InChI=1S/C23H21BrFNO6S/c1-13(2)32-20(27)11-26-22(28)19(33-23(26)29)10-15-8-17(24)21(18(9-15)30-3)31-12-14-4-6-16(25)7-5-14/h4-10,13H,11-12H2,1-3H3/b19-10+. The van der Waals surface area contributed by atoms with Crippen molar-refractivity contribution >= 4 is 50.9 Å². The summed E-state index contributed by atoms with van der Waals surface area (Å²) < 4.78 is 29.9. The van der Waals surface area contributed by atoms with Crippen molar-refractivity contribution in [3.8, 4) is 11.5 Å². The zero-order chi connectivity index (χ0) is 24.1. The molecule has 1 fully saturated rings. The molecule has 2 amide bonds. The summed E-state index contributed by atoms with van der Waals surface area (Å²) in [6.45, 7) is 3.12. The zero-order valence-electron chi connectivity index (χ0n) is 18.1. The summed E-state index contributed by atoms with van der Waals surface area (Å²) in [6.07, 6.45) is 1.19. The van der Waals surface area contributed by atoms with Gasteiger partial charge in [0.2, 0.25) is 0 Å². The van der Waals surface area contributed by atoms with Gasteiger partial charge in [-0.25, -0.2) is 4.39 Å². The quantitative estimate of drug-likeness (QED) is 0.339. The number of halogens is 2. The molecule has 0 unspecified atom stereocenters. The summed E-state index contributed by atoms with van der Waals surface area (Å²) in [5.74, 6) is -0.720. The molecule has 0 saturated carbocycles. The maximum Gasteiger partial charge on any atom is 0.326 e. The Kier molecular flexibility index (Phi) is 8.15. The normalized spacial score (nSPS) is 14.8. The minimum atomic E-state index is -0.652. The minimum absolute atomic E-state index is 0.172. The molecule has 1 aliphatic heterocycles. The van der Waals surface area contributed by atoms with Crippen LogP contribution in [0.1, 0.15) is 25.0 Å². The molecule has 1 aliphatic rings. The Morgan fingerprint density at radius 2 is 1.91 bits per heavy atom. The molecule has 0 aromatic heterocycles. The Morgan fingerprint density at radius 3 is 2.55 bits per heavy atom. The van der Waals surface area contributed by atoms with Crippen LogP contribution in [0.15, 0.2) is 45.8 Å². The maximum atomic E-state index is 13.1. The molecule has 0 N–H and O–H groups in total. The predicted octanol–water partition coefficient (Wildman–Crippen LogP) is 5.16. The van der Waals surface area contributed by atoms with E-state index in [0.717, 1.165) is 22.2 Å².